The number of nitrogens with one attached hydrogen (secondary N) is 1. The predicted molar refractivity (Wildman–Crippen MR) is 98.7 cm³/mol. The van der Waals surface area contributed by atoms with E-state index in [0.29, 0.717) is 5.75 Å². The lowest BCUT2D eigenvalue weighted by Crippen LogP contribution is -3.04. The van der Waals surface area contributed by atoms with E-state index in [4.69, 9.17) is 13.9 Å². The Balaban J connectivity index is 2.24. The number of rotatable bonds is 5. The molecular weight excluding hydrogens is 391 g/mol. The van der Waals surface area contributed by atoms with Crippen LogP contribution in [-0.2, 0) is 12.7 Å². The van der Waals surface area contributed by atoms with Gasteiger partial charge in [0.2, 0.25) is 11.2 Å². The van der Waals surface area contributed by atoms with E-state index >= 15 is 0 Å². The Kier molecular flexibility index (Phi) is 5.43. The molecule has 0 aliphatic heterocycles. The van der Waals surface area contributed by atoms with Crippen LogP contribution >= 0.6 is 0 Å². The summed E-state index contributed by atoms with van der Waals surface area (Å²) < 4.78 is 56.4. The Morgan fingerprint density at radius 3 is 2.24 bits per heavy atom. The molecule has 0 saturated heterocycles. The van der Waals surface area contributed by atoms with E-state index in [1.165, 1.54) is 43.5 Å². The zero-order chi connectivity index (χ0) is 21.3. The number of quaternary nitrogens is 1. The molecule has 3 aromatic rings. The summed E-state index contributed by atoms with van der Waals surface area (Å²) in [6, 6.07) is 8.19. The Morgan fingerprint density at radius 2 is 1.69 bits per heavy atom. The van der Waals surface area contributed by atoms with Crippen molar-refractivity contribution in [2.24, 2.45) is 0 Å². The number of benzene rings is 2. The normalized spacial score (nSPS) is 11.8. The van der Waals surface area contributed by atoms with Crippen molar-refractivity contribution >= 4 is 11.0 Å². The minimum atomic E-state index is -4.98. The van der Waals surface area contributed by atoms with Gasteiger partial charge in [-0.05, 0) is 36.4 Å². The minimum Gasteiger partial charge on any atom is -0.507 e. The average Bonchev–Trinajstić information content (AvgIpc) is 2.65. The van der Waals surface area contributed by atoms with E-state index in [1.807, 2.05) is 0 Å². The smallest absolute Gasteiger partial charge is 0.453 e. The van der Waals surface area contributed by atoms with Gasteiger partial charge in [0.25, 0.3) is 5.76 Å². The molecule has 0 unspecified atom stereocenters. The van der Waals surface area contributed by atoms with Crippen LogP contribution in [0, 0.1) is 0 Å². The zero-order valence-corrected chi connectivity index (χ0v) is 15.9. The molecule has 29 heavy (non-hydrogen) atoms. The highest BCUT2D eigenvalue weighted by Crippen LogP contribution is 2.39. The molecule has 2 N–H and O–H groups in total. The number of aromatic hydroxyl groups is 1. The first kappa shape index (κ1) is 20.5. The lowest BCUT2D eigenvalue weighted by molar-refractivity contribution is -0.872. The molecule has 0 fully saturated rings. The van der Waals surface area contributed by atoms with Gasteiger partial charge in [-0.1, -0.05) is 0 Å². The van der Waals surface area contributed by atoms with Crippen molar-refractivity contribution in [1.29, 1.82) is 0 Å². The molecule has 9 heteroatoms. The molecule has 3 rings (SSSR count). The summed E-state index contributed by atoms with van der Waals surface area (Å²) >= 11 is 0. The fourth-order valence-electron chi connectivity index (χ4n) is 2.85. The number of ether oxygens (including phenoxy) is 2. The number of alkyl halides is 3. The number of halogens is 3. The highest BCUT2D eigenvalue weighted by Gasteiger charge is 2.41. The van der Waals surface area contributed by atoms with E-state index in [2.05, 4.69) is 0 Å². The van der Waals surface area contributed by atoms with Gasteiger partial charge in [0.1, 0.15) is 23.8 Å². The number of fused-ring (bicyclic) bond motifs is 1. The van der Waals surface area contributed by atoms with Gasteiger partial charge in [-0.15, -0.1) is 0 Å². The van der Waals surface area contributed by atoms with Crippen LogP contribution in [0.25, 0.3) is 11.0 Å². The van der Waals surface area contributed by atoms with Crippen molar-refractivity contribution in [2.75, 3.05) is 21.2 Å². The van der Waals surface area contributed by atoms with Crippen molar-refractivity contribution in [1.82, 2.24) is 0 Å². The highest BCUT2D eigenvalue weighted by molar-refractivity contribution is 5.83. The molecular formula is C20H19F3NO5+. The van der Waals surface area contributed by atoms with Crippen LogP contribution < -0.4 is 19.8 Å². The lowest BCUT2D eigenvalue weighted by Gasteiger charge is -2.16. The third-order valence-corrected chi connectivity index (χ3v) is 4.16. The van der Waals surface area contributed by atoms with Crippen LogP contribution in [0.2, 0.25) is 0 Å². The predicted octanol–water partition coefficient (Wildman–Crippen LogP) is 2.96. The van der Waals surface area contributed by atoms with Gasteiger partial charge in [-0.25, -0.2) is 0 Å². The molecule has 6 nitrogen and oxygen atoms in total. The maximum atomic E-state index is 13.7. The summed E-state index contributed by atoms with van der Waals surface area (Å²) in [6.45, 7) is 0.155. The molecule has 0 spiro atoms. The van der Waals surface area contributed by atoms with E-state index in [9.17, 15) is 23.1 Å². The van der Waals surface area contributed by atoms with Gasteiger partial charge in [-0.3, -0.25) is 4.79 Å². The summed E-state index contributed by atoms with van der Waals surface area (Å²) in [5, 5.41) is 9.98. The van der Waals surface area contributed by atoms with Crippen LogP contribution in [0.3, 0.4) is 0 Å². The number of hydrogen-bond donors (Lipinski definition) is 2. The quantitative estimate of drug-likeness (QED) is 0.677. The first-order valence-electron chi connectivity index (χ1n) is 8.61. The summed E-state index contributed by atoms with van der Waals surface area (Å²) in [5.41, 5.74) is -1.18. The molecule has 1 aromatic heterocycles. The van der Waals surface area contributed by atoms with E-state index < -0.39 is 23.1 Å². The zero-order valence-electron chi connectivity index (χ0n) is 15.9. The lowest BCUT2D eigenvalue weighted by atomic mass is 10.1. The van der Waals surface area contributed by atoms with Crippen LogP contribution in [0.5, 0.6) is 23.0 Å². The van der Waals surface area contributed by atoms with Crippen LogP contribution in [0.1, 0.15) is 11.3 Å². The van der Waals surface area contributed by atoms with Crippen molar-refractivity contribution < 1.29 is 37.1 Å². The van der Waals surface area contributed by atoms with Crippen molar-refractivity contribution in [3.63, 3.8) is 0 Å². The van der Waals surface area contributed by atoms with Crippen molar-refractivity contribution in [2.45, 2.75) is 12.7 Å². The second-order valence-corrected chi connectivity index (χ2v) is 6.69. The molecule has 0 radical (unpaired) electrons. The van der Waals surface area contributed by atoms with Crippen LogP contribution in [0.4, 0.5) is 13.2 Å². The van der Waals surface area contributed by atoms with Gasteiger partial charge in [0.05, 0.1) is 32.2 Å². The maximum Gasteiger partial charge on any atom is 0.453 e. The Bertz CT molecular complexity index is 1090. The Morgan fingerprint density at radius 1 is 1.07 bits per heavy atom. The van der Waals surface area contributed by atoms with Gasteiger partial charge >= 0.3 is 6.18 Å². The van der Waals surface area contributed by atoms with Crippen molar-refractivity contribution in [3.05, 3.63) is 57.9 Å². The third-order valence-electron chi connectivity index (χ3n) is 4.16. The highest BCUT2D eigenvalue weighted by atomic mass is 19.4. The average molecular weight is 410 g/mol. The summed E-state index contributed by atoms with van der Waals surface area (Å²) in [4.78, 5) is 13.7. The number of phenols is 1. The first-order chi connectivity index (χ1) is 13.6. The van der Waals surface area contributed by atoms with Crippen LogP contribution in [-0.4, -0.2) is 26.3 Å². The van der Waals surface area contributed by atoms with Gasteiger partial charge in [-0.2, -0.15) is 13.2 Å². The largest absolute Gasteiger partial charge is 0.507 e. The Hall–Kier alpha value is -3.20. The SMILES string of the molecule is COc1ccc(Oc2c(C(F)(F)F)oc3c(C[NH+](C)C)c(O)ccc3c2=O)cc1. The molecule has 0 bridgehead atoms. The fraction of sp³-hybridized carbons (Fsp3) is 0.250. The number of methoxy groups -OCH3 is 1. The molecule has 0 aliphatic rings. The molecule has 154 valence electrons. The first-order valence-corrected chi connectivity index (χ1v) is 8.61. The van der Waals surface area contributed by atoms with E-state index in [0.717, 1.165) is 4.90 Å². The third kappa shape index (κ3) is 4.14. The van der Waals surface area contributed by atoms with Gasteiger partial charge < -0.3 is 23.9 Å². The molecule has 0 aliphatic carbocycles. The molecule has 0 amide bonds. The maximum absolute atomic E-state index is 13.7. The topological polar surface area (TPSA) is 73.3 Å². The number of phenolic OH excluding ortho intramolecular Hbond substituents is 1. The monoisotopic (exact) mass is 410 g/mol. The van der Waals surface area contributed by atoms with Crippen LogP contribution in [0.15, 0.2) is 45.6 Å². The minimum absolute atomic E-state index is 0.0136. The van der Waals surface area contributed by atoms with Gasteiger partial charge in [0, 0.05) is 0 Å². The molecule has 0 atom stereocenters. The second-order valence-electron chi connectivity index (χ2n) is 6.69. The molecule has 0 saturated carbocycles. The Labute approximate surface area is 163 Å². The van der Waals surface area contributed by atoms with Gasteiger partial charge in [0.15, 0.2) is 5.58 Å². The summed E-state index contributed by atoms with van der Waals surface area (Å²) in [6.07, 6.45) is -4.98. The molecule has 1 heterocycles. The number of hydrogen-bond acceptors (Lipinski definition) is 5. The standard InChI is InChI=1S/C20H18F3NO5/c1-24(2)10-14-15(25)9-8-13-16(26)18(19(20(21,22)23)29-17(13)14)28-12-6-4-11(27-3)5-7-12/h4-9,25H,10H2,1-3H3/p+1. The summed E-state index contributed by atoms with van der Waals surface area (Å²) in [7, 11) is 4.95. The second kappa shape index (κ2) is 7.67. The fourth-order valence-corrected chi connectivity index (χ4v) is 2.85. The molecule has 2 aromatic carbocycles. The van der Waals surface area contributed by atoms with E-state index in [-0.39, 0.29) is 34.6 Å². The van der Waals surface area contributed by atoms with E-state index in [1.54, 1.807) is 14.1 Å². The van der Waals surface area contributed by atoms with Crippen molar-refractivity contribution in [3.8, 4) is 23.0 Å². The summed E-state index contributed by atoms with van der Waals surface area (Å²) in [5.74, 6) is -2.29.